The van der Waals surface area contributed by atoms with E-state index in [4.69, 9.17) is 14.2 Å². The van der Waals surface area contributed by atoms with Crippen molar-refractivity contribution in [2.24, 2.45) is 7.05 Å². The number of para-hydroxylation sites is 1. The molecule has 0 unspecified atom stereocenters. The van der Waals surface area contributed by atoms with Crippen molar-refractivity contribution in [3.63, 3.8) is 0 Å². The van der Waals surface area contributed by atoms with Gasteiger partial charge in [-0.2, -0.15) is 18.3 Å². The number of fused-ring (bicyclic) bond motifs is 3. The normalized spacial score (nSPS) is 13.9. The summed E-state index contributed by atoms with van der Waals surface area (Å²) in [4.78, 5) is 13.6. The number of aromatic nitrogens is 3. The highest BCUT2D eigenvalue weighted by atomic mass is 19.4. The molecule has 7 nitrogen and oxygen atoms in total. The van der Waals surface area contributed by atoms with Gasteiger partial charge in [0.05, 0.1) is 31.0 Å². The number of ether oxygens (including phenoxy) is 3. The fraction of sp³-hybridized carbons (Fsp3) is 0.353. The lowest BCUT2D eigenvalue weighted by Gasteiger charge is -2.15. The second kappa shape index (κ2) is 12.4. The van der Waals surface area contributed by atoms with Gasteiger partial charge in [-0.05, 0) is 49.6 Å². The Morgan fingerprint density at radius 3 is 2.61 bits per heavy atom. The first-order valence-corrected chi connectivity index (χ1v) is 14.9. The molecule has 0 fully saturated rings. The van der Waals surface area contributed by atoms with Gasteiger partial charge in [0.2, 0.25) is 0 Å². The van der Waals surface area contributed by atoms with Crippen LogP contribution in [0.4, 0.5) is 13.2 Å². The van der Waals surface area contributed by atoms with E-state index in [-0.39, 0.29) is 24.5 Å². The summed E-state index contributed by atoms with van der Waals surface area (Å²) in [6.07, 6.45) is -2.25. The van der Waals surface area contributed by atoms with Crippen LogP contribution in [0.2, 0.25) is 0 Å². The number of hydrogen-bond acceptors (Lipinski definition) is 5. The van der Waals surface area contributed by atoms with E-state index in [0.717, 1.165) is 32.2 Å². The smallest absolute Gasteiger partial charge is 0.433 e. The SMILES string of the molecule is CCOC(=O)c1c(CCCOc2cccc3ccccc23)c2cccc3c2n1CCCCOCc1nn(C)c(C(F)(F)F)c1-3. The zero-order chi connectivity index (χ0) is 30.8. The average molecular weight is 606 g/mol. The molecule has 0 amide bonds. The van der Waals surface area contributed by atoms with Gasteiger partial charge in [-0.3, -0.25) is 4.68 Å². The summed E-state index contributed by atoms with van der Waals surface area (Å²) in [5.41, 5.74) is 1.40. The molecule has 44 heavy (non-hydrogen) atoms. The largest absolute Gasteiger partial charge is 0.493 e. The summed E-state index contributed by atoms with van der Waals surface area (Å²) in [5, 5.41) is 7.06. The van der Waals surface area contributed by atoms with E-state index < -0.39 is 17.8 Å². The van der Waals surface area contributed by atoms with Crippen molar-refractivity contribution in [3.05, 3.63) is 83.3 Å². The van der Waals surface area contributed by atoms with E-state index in [1.54, 1.807) is 19.1 Å². The fourth-order valence-corrected chi connectivity index (χ4v) is 6.28. The molecule has 0 N–H and O–H groups in total. The third kappa shape index (κ3) is 5.54. The third-order valence-corrected chi connectivity index (χ3v) is 8.05. The lowest BCUT2D eigenvalue weighted by atomic mass is 9.97. The molecule has 1 aliphatic heterocycles. The molecule has 0 atom stereocenters. The molecule has 3 aromatic carbocycles. The van der Waals surface area contributed by atoms with E-state index in [2.05, 4.69) is 5.10 Å². The zero-order valence-corrected chi connectivity index (χ0v) is 24.7. The number of benzene rings is 3. The molecule has 0 spiro atoms. The van der Waals surface area contributed by atoms with Crippen molar-refractivity contribution in [2.75, 3.05) is 19.8 Å². The summed E-state index contributed by atoms with van der Waals surface area (Å²) < 4.78 is 63.6. The molecule has 5 aromatic rings. The van der Waals surface area contributed by atoms with Crippen LogP contribution in [0, 0.1) is 0 Å². The highest BCUT2D eigenvalue weighted by Gasteiger charge is 2.40. The van der Waals surface area contributed by atoms with Crippen LogP contribution in [0.1, 0.15) is 53.6 Å². The van der Waals surface area contributed by atoms with Gasteiger partial charge in [0, 0.05) is 42.1 Å². The molecule has 6 rings (SSSR count). The van der Waals surface area contributed by atoms with Crippen LogP contribution in [0.3, 0.4) is 0 Å². The zero-order valence-electron chi connectivity index (χ0n) is 24.7. The van der Waals surface area contributed by atoms with Gasteiger partial charge in [-0.25, -0.2) is 4.79 Å². The first-order chi connectivity index (χ1) is 21.3. The first-order valence-electron chi connectivity index (χ1n) is 14.9. The van der Waals surface area contributed by atoms with Crippen molar-refractivity contribution in [1.82, 2.24) is 14.3 Å². The molecule has 2 aromatic heterocycles. The minimum atomic E-state index is -4.65. The van der Waals surface area contributed by atoms with E-state index in [1.165, 1.54) is 7.05 Å². The summed E-state index contributed by atoms with van der Waals surface area (Å²) in [5.74, 6) is 0.284. The van der Waals surface area contributed by atoms with Crippen LogP contribution in [-0.2, 0) is 42.3 Å². The fourth-order valence-electron chi connectivity index (χ4n) is 6.28. The monoisotopic (exact) mass is 605 g/mol. The number of nitrogens with zero attached hydrogens (tertiary/aromatic N) is 3. The number of hydrogen-bond donors (Lipinski definition) is 0. The Morgan fingerprint density at radius 1 is 1.02 bits per heavy atom. The number of aryl methyl sites for hydroxylation is 3. The number of carbonyl (C=O) groups excluding carboxylic acids is 1. The van der Waals surface area contributed by atoms with Gasteiger partial charge in [-0.15, -0.1) is 0 Å². The lowest BCUT2D eigenvalue weighted by Crippen LogP contribution is -2.16. The maximum atomic E-state index is 14.5. The molecule has 0 saturated carbocycles. The van der Waals surface area contributed by atoms with Crippen molar-refractivity contribution in [2.45, 2.75) is 51.9 Å². The molecule has 10 heteroatoms. The molecule has 3 heterocycles. The lowest BCUT2D eigenvalue weighted by molar-refractivity contribution is -0.143. The molecule has 0 aliphatic carbocycles. The first kappa shape index (κ1) is 29.7. The summed E-state index contributed by atoms with van der Waals surface area (Å²) in [6.45, 7) is 3.06. The Labute approximate surface area is 253 Å². The van der Waals surface area contributed by atoms with Crippen LogP contribution in [-0.4, -0.2) is 40.1 Å². The second-order valence-corrected chi connectivity index (χ2v) is 10.9. The number of carbonyl (C=O) groups is 1. The predicted molar refractivity (Wildman–Crippen MR) is 162 cm³/mol. The van der Waals surface area contributed by atoms with Gasteiger partial charge in [0.15, 0.2) is 5.69 Å². The quantitative estimate of drug-likeness (QED) is 0.140. The Bertz CT molecular complexity index is 1820. The predicted octanol–water partition coefficient (Wildman–Crippen LogP) is 7.71. The van der Waals surface area contributed by atoms with Crippen molar-refractivity contribution in [3.8, 4) is 16.9 Å². The summed E-state index contributed by atoms with van der Waals surface area (Å²) in [7, 11) is 1.30. The molecule has 0 radical (unpaired) electrons. The summed E-state index contributed by atoms with van der Waals surface area (Å²) in [6, 6.07) is 19.2. The van der Waals surface area contributed by atoms with Gasteiger partial charge in [0.1, 0.15) is 11.4 Å². The number of alkyl halides is 3. The summed E-state index contributed by atoms with van der Waals surface area (Å²) >= 11 is 0. The standard InChI is InChI=1S/C34H34F3N3O4/c1-3-43-33(41)31-25(16-10-20-44-28-17-8-12-22-11-4-5-13-23(22)28)24-14-9-15-26-29-27(38-39(2)32(29)34(35,36)37)21-42-19-7-6-18-40(31)30(24)26/h4-5,8-9,11-15,17H,3,6-7,10,16,18-21H2,1-2H3. The number of esters is 1. The van der Waals surface area contributed by atoms with Crippen molar-refractivity contribution >= 4 is 27.6 Å². The topological polar surface area (TPSA) is 67.5 Å². The van der Waals surface area contributed by atoms with Crippen LogP contribution in [0.15, 0.2) is 60.7 Å². The Balaban J connectivity index is 1.46. The maximum absolute atomic E-state index is 14.5. The van der Waals surface area contributed by atoms with Gasteiger partial charge in [-0.1, -0.05) is 54.6 Å². The highest BCUT2D eigenvalue weighted by Crippen LogP contribution is 2.43. The van der Waals surface area contributed by atoms with E-state index in [9.17, 15) is 18.0 Å². The Morgan fingerprint density at radius 2 is 1.80 bits per heavy atom. The van der Waals surface area contributed by atoms with Gasteiger partial charge in [0.25, 0.3) is 0 Å². The Kier molecular flexibility index (Phi) is 8.35. The maximum Gasteiger partial charge on any atom is 0.433 e. The molecular weight excluding hydrogens is 571 g/mol. The van der Waals surface area contributed by atoms with Crippen molar-refractivity contribution < 1.29 is 32.2 Å². The highest BCUT2D eigenvalue weighted by molar-refractivity contribution is 6.05. The average Bonchev–Trinajstić information content (AvgIpc) is 3.50. The molecular formula is C34H34F3N3O4. The minimum absolute atomic E-state index is 0.0208. The molecule has 1 aliphatic rings. The Hall–Kier alpha value is -4.31. The van der Waals surface area contributed by atoms with E-state index in [0.29, 0.717) is 62.2 Å². The molecule has 230 valence electrons. The number of halogens is 3. The van der Waals surface area contributed by atoms with E-state index in [1.807, 2.05) is 53.1 Å². The van der Waals surface area contributed by atoms with E-state index >= 15 is 0 Å². The molecule has 0 saturated heterocycles. The van der Waals surface area contributed by atoms with Crippen molar-refractivity contribution in [1.29, 1.82) is 0 Å². The van der Waals surface area contributed by atoms with Crippen LogP contribution in [0.5, 0.6) is 5.75 Å². The molecule has 0 bridgehead atoms. The van der Waals surface area contributed by atoms with Gasteiger partial charge >= 0.3 is 12.1 Å². The van der Waals surface area contributed by atoms with Crippen LogP contribution < -0.4 is 4.74 Å². The van der Waals surface area contributed by atoms with Crippen LogP contribution in [0.25, 0.3) is 32.8 Å². The third-order valence-electron chi connectivity index (χ3n) is 8.05. The second-order valence-electron chi connectivity index (χ2n) is 10.9. The minimum Gasteiger partial charge on any atom is -0.493 e. The van der Waals surface area contributed by atoms with Gasteiger partial charge < -0.3 is 18.8 Å². The number of rotatable bonds is 7. The van der Waals surface area contributed by atoms with Crippen LogP contribution >= 0.6 is 0 Å².